The second kappa shape index (κ2) is 4.62. The van der Waals surface area contributed by atoms with Gasteiger partial charge in [0, 0.05) is 0 Å². The average Bonchev–Trinajstić information content (AvgIpc) is 3.02. The van der Waals surface area contributed by atoms with Crippen molar-refractivity contribution in [2.45, 2.75) is 0 Å². The fraction of sp³-hybridized carbons (Fsp3) is 0. The molecule has 0 saturated heterocycles. The van der Waals surface area contributed by atoms with Gasteiger partial charge in [-0.2, -0.15) is 0 Å². The van der Waals surface area contributed by atoms with Crippen LogP contribution in [0.3, 0.4) is 0 Å². The third-order valence-electron chi connectivity index (χ3n) is 2.13. The van der Waals surface area contributed by atoms with E-state index in [9.17, 15) is 0 Å². The van der Waals surface area contributed by atoms with Gasteiger partial charge in [-0.3, -0.25) is 0 Å². The normalized spacial score (nSPS) is 10.7. The summed E-state index contributed by atoms with van der Waals surface area (Å²) in [6.45, 7) is 0. The van der Waals surface area contributed by atoms with Crippen molar-refractivity contribution in [1.82, 2.24) is 0 Å². The van der Waals surface area contributed by atoms with Gasteiger partial charge in [0.2, 0.25) is 0 Å². The maximum atomic E-state index is 2.35. The van der Waals surface area contributed by atoms with Gasteiger partial charge in [-0.25, -0.2) is 0 Å². The van der Waals surface area contributed by atoms with E-state index in [1.165, 1.54) is 9.75 Å². The molecule has 0 atom stereocenters. The van der Waals surface area contributed by atoms with Crippen molar-refractivity contribution in [3.63, 3.8) is 0 Å². The molecule has 0 radical (unpaired) electrons. The molecule has 3 heterocycles. The molecule has 3 aromatic heterocycles. The van der Waals surface area contributed by atoms with Gasteiger partial charge in [0.1, 0.15) is 0 Å². The van der Waals surface area contributed by atoms with Gasteiger partial charge >= 0.3 is 114 Å². The molecule has 0 bridgehead atoms. The van der Waals surface area contributed by atoms with Crippen molar-refractivity contribution >= 4 is 52.2 Å². The molecule has 74 valence electrons. The van der Waals surface area contributed by atoms with Crippen LogP contribution < -0.4 is 0 Å². The first-order chi connectivity index (χ1) is 7.43. The molecule has 0 spiro atoms. The molecule has 0 amide bonds. The quantitative estimate of drug-likeness (QED) is 0.538. The third kappa shape index (κ3) is 2.19. The van der Waals surface area contributed by atoms with Crippen LogP contribution in [0.5, 0.6) is 0 Å². The summed E-state index contributed by atoms with van der Waals surface area (Å²) < 4.78 is 7.90. The van der Waals surface area contributed by atoms with E-state index < -0.39 is 0 Å². The fourth-order valence-corrected chi connectivity index (χ4v) is 7.33. The third-order valence-corrected chi connectivity index (χ3v) is 9.25. The summed E-state index contributed by atoms with van der Waals surface area (Å²) >= 11 is 1.96. The summed E-state index contributed by atoms with van der Waals surface area (Å²) in [5.41, 5.74) is 0. The monoisotopic (exact) mass is 444 g/mol. The van der Waals surface area contributed by atoms with Gasteiger partial charge in [0.05, 0.1) is 0 Å². The van der Waals surface area contributed by atoms with Crippen LogP contribution in [0.25, 0.3) is 16.9 Å². The van der Waals surface area contributed by atoms with Gasteiger partial charge in [0.15, 0.2) is 0 Å². The molecular formula is C12H8STe2. The zero-order valence-electron chi connectivity index (χ0n) is 7.84. The average molecular weight is 439 g/mol. The van der Waals surface area contributed by atoms with Crippen molar-refractivity contribution in [2.24, 2.45) is 0 Å². The molecule has 0 nitrogen and oxygen atoms in total. The number of rotatable bonds is 2. The molecule has 0 aliphatic heterocycles. The van der Waals surface area contributed by atoms with E-state index >= 15 is 0 Å². The van der Waals surface area contributed by atoms with Gasteiger partial charge in [-0.15, -0.1) is 0 Å². The molecule has 0 aromatic carbocycles. The minimum absolute atomic E-state index is 0.00675. The molecule has 3 heteroatoms. The number of hydrogen-bond acceptors (Lipinski definition) is 1. The Bertz CT molecular complexity index is 483. The minimum atomic E-state index is -0.00675. The summed E-state index contributed by atoms with van der Waals surface area (Å²) in [7, 11) is 0. The molecule has 15 heavy (non-hydrogen) atoms. The van der Waals surface area contributed by atoms with E-state index in [0.29, 0.717) is 0 Å². The summed E-state index contributed by atoms with van der Waals surface area (Å²) in [6.07, 6.45) is 0. The molecular weight excluding hydrogens is 431 g/mol. The fourth-order valence-electron chi connectivity index (χ4n) is 1.44. The van der Waals surface area contributed by atoms with Crippen molar-refractivity contribution in [1.29, 1.82) is 0 Å². The van der Waals surface area contributed by atoms with Gasteiger partial charge in [-0.05, 0) is 0 Å². The molecule has 0 saturated carbocycles. The second-order valence-corrected chi connectivity index (χ2v) is 9.61. The summed E-state index contributed by atoms with van der Waals surface area (Å²) in [6, 6.07) is 13.6. The van der Waals surface area contributed by atoms with Crippen LogP contribution in [0.2, 0.25) is 0 Å². The van der Waals surface area contributed by atoms with E-state index in [1.807, 2.05) is 11.3 Å². The summed E-state index contributed by atoms with van der Waals surface area (Å²) in [4.78, 5) is 3.00. The van der Waals surface area contributed by atoms with Crippen molar-refractivity contribution in [3.05, 3.63) is 44.6 Å². The molecule has 3 aromatic rings. The Morgan fingerprint density at radius 2 is 1.27 bits per heavy atom. The second-order valence-electron chi connectivity index (χ2n) is 3.12. The predicted molar refractivity (Wildman–Crippen MR) is 69.1 cm³/mol. The van der Waals surface area contributed by atoms with E-state index in [1.54, 1.807) is 7.16 Å². The number of hydrogen-bond donors (Lipinski definition) is 0. The van der Waals surface area contributed by atoms with Crippen LogP contribution >= 0.6 is 11.3 Å². The van der Waals surface area contributed by atoms with Crippen LogP contribution in [0.4, 0.5) is 0 Å². The Kier molecular flexibility index (Phi) is 3.20. The SMILES string of the molecule is c1c[te]c(-c2ccc(-c3ccc[te]3)s2)c1. The van der Waals surface area contributed by atoms with Gasteiger partial charge in [0.25, 0.3) is 0 Å². The van der Waals surface area contributed by atoms with E-state index in [2.05, 4.69) is 44.6 Å². The van der Waals surface area contributed by atoms with E-state index in [4.69, 9.17) is 0 Å². The summed E-state index contributed by atoms with van der Waals surface area (Å²) in [5, 5.41) is 0. The molecule has 0 aliphatic carbocycles. The van der Waals surface area contributed by atoms with Crippen molar-refractivity contribution < 1.29 is 0 Å². The van der Waals surface area contributed by atoms with E-state index in [-0.39, 0.29) is 40.9 Å². The zero-order valence-corrected chi connectivity index (χ0v) is 13.3. The molecule has 0 fully saturated rings. The first kappa shape index (κ1) is 10.4. The van der Waals surface area contributed by atoms with Crippen molar-refractivity contribution in [3.8, 4) is 16.9 Å². The first-order valence-corrected chi connectivity index (χ1v) is 10.4. The Balaban J connectivity index is 2.02. The Morgan fingerprint density at radius 3 is 1.67 bits per heavy atom. The standard InChI is InChI=1S/C12H8STe2/c1-3-11(14-7-1)9-5-6-10(13-9)12-4-2-8-15-12/h1-8H. The molecule has 0 aliphatic rings. The van der Waals surface area contributed by atoms with Crippen molar-refractivity contribution in [2.75, 3.05) is 0 Å². The summed E-state index contributed by atoms with van der Waals surface area (Å²) in [5.74, 6) is 0. The predicted octanol–water partition coefficient (Wildman–Crippen LogP) is 3.20. The first-order valence-electron chi connectivity index (χ1n) is 4.61. The van der Waals surface area contributed by atoms with Crippen LogP contribution in [0.15, 0.2) is 44.6 Å². The Labute approximate surface area is 112 Å². The molecule has 3 rings (SSSR count). The van der Waals surface area contributed by atoms with Crippen LogP contribution in [-0.2, 0) is 0 Å². The Hall–Kier alpha value is 0.239. The zero-order chi connectivity index (χ0) is 10.1. The van der Waals surface area contributed by atoms with E-state index in [0.717, 1.165) is 0 Å². The van der Waals surface area contributed by atoms with Crippen LogP contribution in [-0.4, -0.2) is 40.9 Å². The maximum absolute atomic E-state index is 2.35. The van der Waals surface area contributed by atoms with Crippen LogP contribution in [0.1, 0.15) is 0 Å². The van der Waals surface area contributed by atoms with Crippen LogP contribution in [0, 0.1) is 0 Å². The van der Waals surface area contributed by atoms with Gasteiger partial charge in [-0.1, -0.05) is 0 Å². The molecule has 0 unspecified atom stereocenters. The molecule has 0 N–H and O–H groups in total. The van der Waals surface area contributed by atoms with Gasteiger partial charge < -0.3 is 0 Å². The topological polar surface area (TPSA) is 0 Å². The Morgan fingerprint density at radius 1 is 0.733 bits per heavy atom. The number of thiophene rings is 1.